The number of fused-ring (bicyclic) bond motifs is 1. The number of amides is 1. The Hall–Kier alpha value is -2.11. The molecule has 0 radical (unpaired) electrons. The minimum absolute atomic E-state index is 0.0136. The van der Waals surface area contributed by atoms with Gasteiger partial charge in [-0.05, 0) is 43.4 Å². The van der Waals surface area contributed by atoms with Gasteiger partial charge in [0.15, 0.2) is 18.2 Å². The molecule has 0 unspecified atom stereocenters. The highest BCUT2D eigenvalue weighted by Gasteiger charge is 2.55. The topological polar surface area (TPSA) is 66.8 Å². The molecule has 23 heavy (non-hydrogen) atoms. The van der Waals surface area contributed by atoms with Crippen LogP contribution in [0.25, 0.3) is 0 Å². The van der Waals surface area contributed by atoms with Crippen LogP contribution in [0.5, 0.6) is 5.75 Å². The summed E-state index contributed by atoms with van der Waals surface area (Å²) in [6.45, 7) is 2.21. The predicted molar refractivity (Wildman–Crippen MR) is 80.6 cm³/mol. The molecule has 1 aromatic carbocycles. The molecular formula is C17H20FNO4. The molecule has 3 rings (SSSR count). The number of hydrogen-bond acceptors (Lipinski definition) is 3. The number of hydrogen-bond donors (Lipinski definition) is 1. The van der Waals surface area contributed by atoms with E-state index in [0.717, 1.165) is 18.4 Å². The zero-order chi connectivity index (χ0) is 16.6. The molecule has 124 valence electrons. The van der Waals surface area contributed by atoms with Gasteiger partial charge in [0.2, 0.25) is 0 Å². The van der Waals surface area contributed by atoms with Gasteiger partial charge in [0.1, 0.15) is 0 Å². The largest absolute Gasteiger partial charge is 0.481 e. The van der Waals surface area contributed by atoms with Crippen molar-refractivity contribution in [1.29, 1.82) is 0 Å². The maximum atomic E-state index is 13.6. The Kier molecular flexibility index (Phi) is 4.00. The Morgan fingerprint density at radius 1 is 1.48 bits per heavy atom. The van der Waals surface area contributed by atoms with Gasteiger partial charge in [-0.2, -0.15) is 0 Å². The van der Waals surface area contributed by atoms with Gasteiger partial charge >= 0.3 is 5.97 Å². The van der Waals surface area contributed by atoms with Crippen molar-refractivity contribution in [3.05, 3.63) is 29.6 Å². The molecule has 0 spiro atoms. The molecular weight excluding hydrogens is 301 g/mol. The second-order valence-corrected chi connectivity index (χ2v) is 6.55. The first-order valence-electron chi connectivity index (χ1n) is 7.82. The molecule has 1 amide bonds. The van der Waals surface area contributed by atoms with Crippen molar-refractivity contribution >= 4 is 11.9 Å². The summed E-state index contributed by atoms with van der Waals surface area (Å²) >= 11 is 0. The third-order valence-electron chi connectivity index (χ3n) is 5.09. The van der Waals surface area contributed by atoms with Crippen LogP contribution in [0, 0.1) is 24.1 Å². The van der Waals surface area contributed by atoms with E-state index in [-0.39, 0.29) is 30.7 Å². The highest BCUT2D eigenvalue weighted by atomic mass is 19.1. The quantitative estimate of drug-likeness (QED) is 0.923. The number of carboxylic acid groups (broad SMARTS) is 1. The fourth-order valence-electron chi connectivity index (χ4n) is 3.78. The molecule has 1 aliphatic carbocycles. The summed E-state index contributed by atoms with van der Waals surface area (Å²) in [7, 11) is 0. The van der Waals surface area contributed by atoms with E-state index >= 15 is 0 Å². The lowest BCUT2D eigenvalue weighted by atomic mass is 9.81. The Morgan fingerprint density at radius 3 is 2.96 bits per heavy atom. The minimum Gasteiger partial charge on any atom is -0.481 e. The van der Waals surface area contributed by atoms with Crippen molar-refractivity contribution in [2.45, 2.75) is 26.2 Å². The van der Waals surface area contributed by atoms with Gasteiger partial charge in [-0.25, -0.2) is 4.39 Å². The van der Waals surface area contributed by atoms with Crippen LogP contribution in [0.3, 0.4) is 0 Å². The maximum Gasteiger partial charge on any atom is 0.311 e. The van der Waals surface area contributed by atoms with Crippen LogP contribution in [-0.4, -0.2) is 41.6 Å². The lowest BCUT2D eigenvalue weighted by Gasteiger charge is -2.23. The molecule has 5 nitrogen and oxygen atoms in total. The summed E-state index contributed by atoms with van der Waals surface area (Å²) in [5, 5.41) is 9.53. The smallest absolute Gasteiger partial charge is 0.311 e. The molecule has 0 aromatic heterocycles. The van der Waals surface area contributed by atoms with Crippen molar-refractivity contribution in [1.82, 2.24) is 4.90 Å². The number of carbonyl (C=O) groups excluding carboxylic acids is 1. The third kappa shape index (κ3) is 2.78. The maximum absolute atomic E-state index is 13.6. The van der Waals surface area contributed by atoms with E-state index in [9.17, 15) is 19.1 Å². The fourth-order valence-corrected chi connectivity index (χ4v) is 3.78. The minimum atomic E-state index is -0.819. The summed E-state index contributed by atoms with van der Waals surface area (Å²) in [6.07, 6.45) is 2.34. The van der Waals surface area contributed by atoms with E-state index in [1.54, 1.807) is 17.0 Å². The molecule has 1 heterocycles. The highest BCUT2D eigenvalue weighted by molar-refractivity contribution is 5.82. The zero-order valence-electron chi connectivity index (χ0n) is 13.0. The average molecular weight is 321 g/mol. The van der Waals surface area contributed by atoms with Crippen LogP contribution in [0.2, 0.25) is 0 Å². The Balaban J connectivity index is 1.64. The molecule has 1 saturated carbocycles. The summed E-state index contributed by atoms with van der Waals surface area (Å²) in [6, 6.07) is 4.47. The molecule has 2 atom stereocenters. The number of benzene rings is 1. The van der Waals surface area contributed by atoms with Crippen molar-refractivity contribution in [3.8, 4) is 5.75 Å². The highest BCUT2D eigenvalue weighted by Crippen LogP contribution is 2.48. The summed E-state index contributed by atoms with van der Waals surface area (Å²) < 4.78 is 18.9. The van der Waals surface area contributed by atoms with Crippen LogP contribution >= 0.6 is 0 Å². The van der Waals surface area contributed by atoms with Crippen LogP contribution in [0.4, 0.5) is 4.39 Å². The number of aryl methyl sites for hydroxylation is 1. The summed E-state index contributed by atoms with van der Waals surface area (Å²) in [5.74, 6) is -1.56. The van der Waals surface area contributed by atoms with Crippen molar-refractivity contribution < 1.29 is 23.8 Å². The van der Waals surface area contributed by atoms with E-state index in [1.165, 1.54) is 6.07 Å². The van der Waals surface area contributed by atoms with Gasteiger partial charge in [0.05, 0.1) is 5.41 Å². The Morgan fingerprint density at radius 2 is 2.26 bits per heavy atom. The standard InChI is InChI=1S/C17H20FNO4/c1-11-4-5-13(18)14(7-11)23-9-15(20)19-8-12-3-2-6-17(12,10-19)16(21)22/h4-5,7,12H,2-3,6,8-10H2,1H3,(H,21,22)/t12-,17+/m0/s1. The SMILES string of the molecule is Cc1ccc(F)c(OCC(=O)N2C[C@@H]3CCC[C@@]3(C(=O)O)C2)c1. The van der Waals surface area contributed by atoms with E-state index in [4.69, 9.17) is 4.74 Å². The number of carbonyl (C=O) groups is 2. The van der Waals surface area contributed by atoms with Crippen molar-refractivity contribution in [3.63, 3.8) is 0 Å². The van der Waals surface area contributed by atoms with Gasteiger partial charge in [0.25, 0.3) is 5.91 Å². The monoisotopic (exact) mass is 321 g/mol. The fraction of sp³-hybridized carbons (Fsp3) is 0.529. The number of nitrogens with zero attached hydrogens (tertiary/aromatic N) is 1. The first-order chi connectivity index (χ1) is 10.9. The second-order valence-electron chi connectivity index (χ2n) is 6.55. The van der Waals surface area contributed by atoms with Gasteiger partial charge < -0.3 is 14.7 Å². The van der Waals surface area contributed by atoms with Gasteiger partial charge in [0, 0.05) is 13.1 Å². The normalized spacial score (nSPS) is 26.2. The van der Waals surface area contributed by atoms with Crippen LogP contribution < -0.4 is 4.74 Å². The molecule has 0 bridgehead atoms. The van der Waals surface area contributed by atoms with Crippen molar-refractivity contribution in [2.75, 3.05) is 19.7 Å². The van der Waals surface area contributed by atoms with Gasteiger partial charge in [-0.1, -0.05) is 12.5 Å². The van der Waals surface area contributed by atoms with Crippen LogP contribution in [-0.2, 0) is 9.59 Å². The first-order valence-corrected chi connectivity index (χ1v) is 7.82. The molecule has 2 fully saturated rings. The molecule has 1 saturated heterocycles. The second kappa shape index (κ2) is 5.83. The average Bonchev–Trinajstić information content (AvgIpc) is 3.06. The predicted octanol–water partition coefficient (Wildman–Crippen LogP) is 2.23. The number of ether oxygens (including phenoxy) is 1. The molecule has 6 heteroatoms. The molecule has 1 aromatic rings. The van der Waals surface area contributed by atoms with E-state index in [0.29, 0.717) is 13.0 Å². The zero-order valence-corrected chi connectivity index (χ0v) is 13.0. The molecule has 1 aliphatic heterocycles. The van der Waals surface area contributed by atoms with E-state index < -0.39 is 17.2 Å². The summed E-state index contributed by atoms with van der Waals surface area (Å²) in [5.41, 5.74) is 0.0407. The van der Waals surface area contributed by atoms with Crippen LogP contribution in [0.15, 0.2) is 18.2 Å². The van der Waals surface area contributed by atoms with Gasteiger partial charge in [-0.3, -0.25) is 9.59 Å². The van der Waals surface area contributed by atoms with Crippen LogP contribution in [0.1, 0.15) is 24.8 Å². The number of rotatable bonds is 4. The number of halogens is 1. The number of carboxylic acids is 1. The summed E-state index contributed by atoms with van der Waals surface area (Å²) in [4.78, 5) is 25.5. The van der Waals surface area contributed by atoms with Gasteiger partial charge in [-0.15, -0.1) is 0 Å². The number of likely N-dealkylation sites (tertiary alicyclic amines) is 1. The van der Waals surface area contributed by atoms with E-state index in [2.05, 4.69) is 0 Å². The lowest BCUT2D eigenvalue weighted by molar-refractivity contribution is -0.149. The third-order valence-corrected chi connectivity index (χ3v) is 5.09. The van der Waals surface area contributed by atoms with Crippen molar-refractivity contribution in [2.24, 2.45) is 11.3 Å². The first kappa shape index (κ1) is 15.8. The Labute approximate surface area is 134 Å². The number of aliphatic carboxylic acids is 1. The molecule has 2 aliphatic rings. The Bertz CT molecular complexity index is 647. The lowest BCUT2D eigenvalue weighted by Crippen LogP contribution is -2.38. The molecule has 1 N–H and O–H groups in total. The van der Waals surface area contributed by atoms with E-state index in [1.807, 2.05) is 6.92 Å².